The fraction of sp³-hybridized carbons (Fsp3) is 0.632. The van der Waals surface area contributed by atoms with Gasteiger partial charge in [0.25, 0.3) is 23.6 Å². The van der Waals surface area contributed by atoms with Gasteiger partial charge in [-0.3, -0.25) is 29.0 Å². The van der Waals surface area contributed by atoms with Crippen molar-refractivity contribution in [3.63, 3.8) is 0 Å². The normalized spacial score (nSPS) is 22.0. The van der Waals surface area contributed by atoms with E-state index < -0.39 is 60.3 Å². The molecule has 0 atom stereocenters. The molecule has 0 unspecified atom stereocenters. The molecule has 4 aliphatic rings. The lowest BCUT2D eigenvalue weighted by molar-refractivity contribution is 0.00578. The molecule has 6 rings (SSSR count). The molecule has 4 aliphatic heterocycles. The predicted octanol–water partition coefficient (Wildman–Crippen LogP) is 5.50. The summed E-state index contributed by atoms with van der Waals surface area (Å²) >= 11 is 0. The van der Waals surface area contributed by atoms with Crippen LogP contribution in [0.25, 0.3) is 10.8 Å². The lowest BCUT2D eigenvalue weighted by atomic mass is 9.66. The van der Waals surface area contributed by atoms with Gasteiger partial charge < -0.3 is 18.6 Å². The van der Waals surface area contributed by atoms with Crippen LogP contribution in [0.4, 0.5) is 0 Å². The van der Waals surface area contributed by atoms with Gasteiger partial charge in [-0.2, -0.15) is 0 Å². The number of imide groups is 2. The van der Waals surface area contributed by atoms with Crippen LogP contribution in [-0.4, -0.2) is 83.2 Å². The first kappa shape index (κ1) is 36.7. The first-order chi connectivity index (χ1) is 23.3. The zero-order valence-electron chi connectivity index (χ0n) is 31.9. The molecule has 4 heterocycles. The molecule has 2 saturated heterocycles. The van der Waals surface area contributed by atoms with Gasteiger partial charge in [0.15, 0.2) is 0 Å². The monoisotopic (exact) mass is 686 g/mol. The lowest BCUT2D eigenvalue weighted by Crippen LogP contribution is -2.53. The van der Waals surface area contributed by atoms with Gasteiger partial charge in [-0.1, -0.05) is 53.4 Å². The molecule has 50 heavy (non-hydrogen) atoms. The van der Waals surface area contributed by atoms with Crippen molar-refractivity contribution in [2.75, 3.05) is 13.1 Å². The van der Waals surface area contributed by atoms with E-state index >= 15 is 0 Å². The Labute approximate surface area is 297 Å². The van der Waals surface area contributed by atoms with E-state index in [0.29, 0.717) is 16.3 Å². The molecule has 0 aromatic heterocycles. The van der Waals surface area contributed by atoms with E-state index in [9.17, 15) is 19.2 Å². The SMILES string of the molecule is CCC(CC)CN1C(=O)c2cc(B3OC(C)(C)C(C)(C)O3)c3c4c(c(B5OC(C)(C)C(C)(C)O5)cc(c24)C1=O)C(=O)N(CC(CC)CC)C3=O. The van der Waals surface area contributed by atoms with Crippen LogP contribution in [0.2, 0.25) is 0 Å². The highest BCUT2D eigenvalue weighted by atomic mass is 16.7. The van der Waals surface area contributed by atoms with Crippen molar-refractivity contribution in [1.29, 1.82) is 0 Å². The largest absolute Gasteiger partial charge is 0.495 e. The average Bonchev–Trinajstić information content (AvgIpc) is 3.41. The van der Waals surface area contributed by atoms with Crippen molar-refractivity contribution >= 4 is 59.6 Å². The van der Waals surface area contributed by atoms with E-state index in [2.05, 4.69) is 0 Å². The molecular formula is C38H52B2N2O8. The third kappa shape index (κ3) is 5.39. The van der Waals surface area contributed by atoms with E-state index in [-0.39, 0.29) is 52.6 Å². The number of benzene rings is 2. The number of nitrogens with zero attached hydrogens (tertiary/aromatic N) is 2. The number of amides is 4. The van der Waals surface area contributed by atoms with Gasteiger partial charge in [-0.25, -0.2) is 0 Å². The van der Waals surface area contributed by atoms with E-state index in [4.69, 9.17) is 18.6 Å². The van der Waals surface area contributed by atoms with Crippen molar-refractivity contribution in [2.24, 2.45) is 11.8 Å². The summed E-state index contributed by atoms with van der Waals surface area (Å²) in [6, 6.07) is 3.33. The van der Waals surface area contributed by atoms with E-state index in [1.54, 1.807) is 12.1 Å². The summed E-state index contributed by atoms with van der Waals surface area (Å²) in [5.74, 6) is -1.76. The van der Waals surface area contributed by atoms with Crippen molar-refractivity contribution in [3.8, 4) is 0 Å². The first-order valence-electron chi connectivity index (χ1n) is 18.4. The first-order valence-corrected chi connectivity index (χ1v) is 18.4. The van der Waals surface area contributed by atoms with Crippen LogP contribution in [0.1, 0.15) is 150 Å². The van der Waals surface area contributed by atoms with Crippen molar-refractivity contribution in [2.45, 2.75) is 131 Å². The maximum Gasteiger partial charge on any atom is 0.495 e. The summed E-state index contributed by atoms with van der Waals surface area (Å²) in [5, 5.41) is 0.560. The summed E-state index contributed by atoms with van der Waals surface area (Å²) in [6.45, 7) is 24.0. The predicted molar refractivity (Wildman–Crippen MR) is 194 cm³/mol. The van der Waals surface area contributed by atoms with Crippen LogP contribution in [0.3, 0.4) is 0 Å². The molecule has 0 bridgehead atoms. The number of rotatable bonds is 10. The summed E-state index contributed by atoms with van der Waals surface area (Å²) in [7, 11) is -2.03. The highest BCUT2D eigenvalue weighted by Gasteiger charge is 2.57. The molecule has 268 valence electrons. The Bertz CT molecular complexity index is 1650. The Hall–Kier alpha value is -3.05. The quantitative estimate of drug-likeness (QED) is 0.238. The molecule has 0 saturated carbocycles. The van der Waals surface area contributed by atoms with Crippen LogP contribution >= 0.6 is 0 Å². The van der Waals surface area contributed by atoms with Crippen molar-refractivity contribution in [1.82, 2.24) is 9.80 Å². The van der Waals surface area contributed by atoms with E-state index in [1.807, 2.05) is 83.1 Å². The highest BCUT2D eigenvalue weighted by molar-refractivity contribution is 6.67. The molecule has 0 spiro atoms. The second-order valence-electron chi connectivity index (χ2n) is 16.5. The Morgan fingerprint density at radius 2 is 0.820 bits per heavy atom. The van der Waals surface area contributed by atoms with E-state index in [0.717, 1.165) is 25.7 Å². The Morgan fingerprint density at radius 3 is 1.12 bits per heavy atom. The topological polar surface area (TPSA) is 112 Å². The van der Waals surface area contributed by atoms with Gasteiger partial charge in [0.1, 0.15) is 0 Å². The van der Waals surface area contributed by atoms with Crippen LogP contribution in [0.15, 0.2) is 12.1 Å². The minimum atomic E-state index is -1.02. The molecule has 0 N–H and O–H groups in total. The van der Waals surface area contributed by atoms with Crippen molar-refractivity contribution in [3.05, 3.63) is 34.4 Å². The summed E-state index contributed by atoms with van der Waals surface area (Å²) in [5.41, 5.74) is -1.39. The second kappa shape index (κ2) is 12.3. The molecular weight excluding hydrogens is 634 g/mol. The van der Waals surface area contributed by atoms with Crippen LogP contribution < -0.4 is 10.9 Å². The standard InChI is InChI=1S/C38H52B2N2O8/c1-13-21(14-2)19-41-31(43)23-17-25(39-47-35(5,6)36(7,8)48-39)28-30-27(23)24(32(41)44)18-26(40-49-37(9,10)38(11,12)50-40)29(30)34(46)42(33(28)45)20-22(15-3)16-4/h17-18,21-22H,13-16,19-20H2,1-12H3. The fourth-order valence-corrected chi connectivity index (χ4v) is 7.47. The zero-order valence-corrected chi connectivity index (χ0v) is 31.9. The summed E-state index contributed by atoms with van der Waals surface area (Å²) in [4.78, 5) is 61.3. The molecule has 2 aromatic rings. The zero-order chi connectivity index (χ0) is 36.9. The highest BCUT2D eigenvalue weighted by Crippen LogP contribution is 2.43. The van der Waals surface area contributed by atoms with Crippen molar-refractivity contribution < 1.29 is 37.8 Å². The molecule has 0 radical (unpaired) electrons. The van der Waals surface area contributed by atoms with Crippen LogP contribution in [-0.2, 0) is 18.6 Å². The summed E-state index contributed by atoms with van der Waals surface area (Å²) < 4.78 is 26.1. The Balaban J connectivity index is 1.71. The number of carbonyl (C=O) groups excluding carboxylic acids is 4. The van der Waals surface area contributed by atoms with Gasteiger partial charge in [0.05, 0.1) is 22.4 Å². The Morgan fingerprint density at radius 1 is 0.520 bits per heavy atom. The van der Waals surface area contributed by atoms with Gasteiger partial charge in [-0.05, 0) is 90.3 Å². The molecule has 10 nitrogen and oxygen atoms in total. The molecule has 12 heteroatoms. The molecule has 2 fully saturated rings. The Kier molecular flexibility index (Phi) is 9.02. The number of hydrogen-bond donors (Lipinski definition) is 0. The lowest BCUT2D eigenvalue weighted by Gasteiger charge is -2.36. The number of hydrogen-bond acceptors (Lipinski definition) is 8. The third-order valence-corrected chi connectivity index (χ3v) is 12.5. The maximum absolute atomic E-state index is 14.9. The van der Waals surface area contributed by atoms with E-state index in [1.165, 1.54) is 9.80 Å². The van der Waals surface area contributed by atoms with Gasteiger partial charge in [0.2, 0.25) is 0 Å². The maximum atomic E-state index is 14.9. The molecule has 0 aliphatic carbocycles. The minimum Gasteiger partial charge on any atom is -0.399 e. The van der Waals surface area contributed by atoms with Gasteiger partial charge in [-0.15, -0.1) is 0 Å². The summed E-state index contributed by atoms with van der Waals surface area (Å²) in [6.07, 6.45) is 3.14. The van der Waals surface area contributed by atoms with Crippen LogP contribution in [0, 0.1) is 11.8 Å². The fourth-order valence-electron chi connectivity index (χ4n) is 7.47. The second-order valence-corrected chi connectivity index (χ2v) is 16.5. The smallest absolute Gasteiger partial charge is 0.399 e. The molecule has 2 aromatic carbocycles. The van der Waals surface area contributed by atoms with Crippen LogP contribution in [0.5, 0.6) is 0 Å². The minimum absolute atomic E-state index is 0.0692. The average molecular weight is 686 g/mol. The third-order valence-electron chi connectivity index (χ3n) is 12.5. The van der Waals surface area contributed by atoms with Gasteiger partial charge >= 0.3 is 14.2 Å². The molecule has 4 amide bonds. The number of carbonyl (C=O) groups is 4. The van der Waals surface area contributed by atoms with Gasteiger partial charge in [0, 0.05) is 46.1 Å².